The highest BCUT2D eigenvalue weighted by atomic mass is 16.6. The molecule has 33 heavy (non-hydrogen) atoms. The molecule has 0 unspecified atom stereocenters. The number of anilines is 2. The molecule has 0 saturated heterocycles. The number of benzene rings is 1. The number of aliphatic hydroxyl groups is 1. The van der Waals surface area contributed by atoms with Crippen LogP contribution in [0.4, 0.5) is 16.4 Å². The summed E-state index contributed by atoms with van der Waals surface area (Å²) >= 11 is 0. The highest BCUT2D eigenvalue weighted by Crippen LogP contribution is 2.19. The van der Waals surface area contributed by atoms with Gasteiger partial charge in [0.25, 0.3) is 0 Å². The maximum absolute atomic E-state index is 11.7. The van der Waals surface area contributed by atoms with Gasteiger partial charge in [-0.1, -0.05) is 12.1 Å². The van der Waals surface area contributed by atoms with Gasteiger partial charge in [-0.3, -0.25) is 4.98 Å². The molecular weight excluding hydrogens is 420 g/mol. The summed E-state index contributed by atoms with van der Waals surface area (Å²) in [6, 6.07) is 11.2. The molecule has 9 heteroatoms. The highest BCUT2D eigenvalue weighted by Gasteiger charge is 2.15. The van der Waals surface area contributed by atoms with Crippen LogP contribution in [0.2, 0.25) is 0 Å². The highest BCUT2D eigenvalue weighted by molar-refractivity contribution is 5.67. The molecule has 0 bridgehead atoms. The minimum Gasteiger partial charge on any atom is -0.444 e. The van der Waals surface area contributed by atoms with E-state index in [-0.39, 0.29) is 6.61 Å². The summed E-state index contributed by atoms with van der Waals surface area (Å²) in [5.74, 6) is 0.961. The van der Waals surface area contributed by atoms with Gasteiger partial charge in [-0.25, -0.2) is 14.8 Å². The summed E-state index contributed by atoms with van der Waals surface area (Å²) in [5, 5.41) is 15.2. The van der Waals surface area contributed by atoms with Crippen LogP contribution >= 0.6 is 0 Å². The molecular formula is C24H30N6O3. The molecule has 0 spiro atoms. The number of nitrogens with one attached hydrogen (secondary N) is 2. The summed E-state index contributed by atoms with van der Waals surface area (Å²) in [6.45, 7) is 6.03. The van der Waals surface area contributed by atoms with Crippen LogP contribution in [0, 0.1) is 0 Å². The lowest BCUT2D eigenvalue weighted by Crippen LogP contribution is -2.33. The van der Waals surface area contributed by atoms with Gasteiger partial charge in [0.2, 0.25) is 5.95 Å². The minimum absolute atomic E-state index is 0.0329. The maximum Gasteiger partial charge on any atom is 0.407 e. The number of pyridine rings is 1. The van der Waals surface area contributed by atoms with E-state index in [2.05, 4.69) is 30.6 Å². The molecule has 0 fully saturated rings. The van der Waals surface area contributed by atoms with E-state index in [1.165, 1.54) is 6.33 Å². The zero-order chi connectivity index (χ0) is 23.7. The molecule has 3 aromatic rings. The Kier molecular flexibility index (Phi) is 8.26. The first-order chi connectivity index (χ1) is 15.8. The first-order valence-electron chi connectivity index (χ1n) is 10.9. The van der Waals surface area contributed by atoms with Gasteiger partial charge in [-0.2, -0.15) is 4.98 Å². The van der Waals surface area contributed by atoms with E-state index in [4.69, 9.17) is 4.74 Å². The van der Waals surface area contributed by atoms with E-state index in [1.807, 2.05) is 57.2 Å². The average Bonchev–Trinajstić information content (AvgIpc) is 2.78. The Balaban J connectivity index is 1.55. The van der Waals surface area contributed by atoms with Gasteiger partial charge in [0.1, 0.15) is 11.9 Å². The molecule has 2 aromatic heterocycles. The second kappa shape index (κ2) is 11.3. The third-order valence-corrected chi connectivity index (χ3v) is 4.54. The molecule has 1 aromatic carbocycles. The quantitative estimate of drug-likeness (QED) is 0.418. The van der Waals surface area contributed by atoms with Crippen molar-refractivity contribution in [1.29, 1.82) is 0 Å². The Bertz CT molecular complexity index is 1070. The van der Waals surface area contributed by atoms with Crippen LogP contribution in [0.3, 0.4) is 0 Å². The number of aryl methyl sites for hydroxylation is 1. The number of aliphatic hydroxyl groups excluding tert-OH is 1. The molecule has 0 aliphatic carbocycles. The van der Waals surface area contributed by atoms with Crippen LogP contribution in [0.5, 0.6) is 0 Å². The van der Waals surface area contributed by atoms with E-state index in [0.717, 1.165) is 41.8 Å². The van der Waals surface area contributed by atoms with E-state index in [0.29, 0.717) is 18.3 Å². The van der Waals surface area contributed by atoms with Crippen LogP contribution in [-0.4, -0.2) is 43.3 Å². The SMILES string of the molecule is CC(C)(C)OC(=O)NCCCCc1cc(-c2ncnc(Nc3cccc(CO)c3)n2)ccn1. The van der Waals surface area contributed by atoms with Crippen molar-refractivity contribution in [2.75, 3.05) is 11.9 Å². The van der Waals surface area contributed by atoms with Crippen LogP contribution in [-0.2, 0) is 17.8 Å². The Morgan fingerprint density at radius 1 is 1.09 bits per heavy atom. The predicted molar refractivity (Wildman–Crippen MR) is 126 cm³/mol. The second-order valence-electron chi connectivity index (χ2n) is 8.54. The molecule has 9 nitrogen and oxygen atoms in total. The summed E-state index contributed by atoms with van der Waals surface area (Å²) in [6.07, 6.45) is 5.27. The summed E-state index contributed by atoms with van der Waals surface area (Å²) in [5.41, 5.74) is 2.86. The van der Waals surface area contributed by atoms with Gasteiger partial charge in [-0.15, -0.1) is 0 Å². The number of carbonyl (C=O) groups is 1. The topological polar surface area (TPSA) is 122 Å². The van der Waals surface area contributed by atoms with Crippen LogP contribution < -0.4 is 10.6 Å². The zero-order valence-corrected chi connectivity index (χ0v) is 19.2. The van der Waals surface area contributed by atoms with E-state index in [9.17, 15) is 9.90 Å². The predicted octanol–water partition coefficient (Wildman–Crippen LogP) is 4.02. The Morgan fingerprint density at radius 3 is 2.73 bits per heavy atom. The number of aromatic nitrogens is 4. The van der Waals surface area contributed by atoms with Gasteiger partial charge < -0.3 is 20.5 Å². The Labute approximate surface area is 193 Å². The summed E-state index contributed by atoms with van der Waals surface area (Å²) < 4.78 is 5.23. The van der Waals surface area contributed by atoms with Crippen molar-refractivity contribution in [3.63, 3.8) is 0 Å². The number of rotatable bonds is 9. The fraction of sp³-hybridized carbons (Fsp3) is 0.375. The van der Waals surface area contributed by atoms with Gasteiger partial charge in [-0.05, 0) is 69.9 Å². The largest absolute Gasteiger partial charge is 0.444 e. The van der Waals surface area contributed by atoms with Crippen molar-refractivity contribution in [3.05, 3.63) is 60.2 Å². The number of nitrogens with zero attached hydrogens (tertiary/aromatic N) is 4. The molecule has 0 aliphatic rings. The summed E-state index contributed by atoms with van der Waals surface area (Å²) in [7, 11) is 0. The lowest BCUT2D eigenvalue weighted by Gasteiger charge is -2.19. The average molecular weight is 451 g/mol. The van der Waals surface area contributed by atoms with E-state index < -0.39 is 11.7 Å². The molecule has 0 atom stereocenters. The Hall–Kier alpha value is -3.59. The van der Waals surface area contributed by atoms with Gasteiger partial charge in [0, 0.05) is 29.7 Å². The van der Waals surface area contributed by atoms with Crippen LogP contribution in [0.25, 0.3) is 11.4 Å². The maximum atomic E-state index is 11.7. The zero-order valence-electron chi connectivity index (χ0n) is 19.2. The van der Waals surface area contributed by atoms with Crippen molar-refractivity contribution in [1.82, 2.24) is 25.3 Å². The van der Waals surface area contributed by atoms with Gasteiger partial charge in [0.15, 0.2) is 5.82 Å². The number of carbonyl (C=O) groups excluding carboxylic acids is 1. The number of unbranched alkanes of at least 4 members (excludes halogenated alkanes) is 1. The number of alkyl carbamates (subject to hydrolysis) is 1. The molecule has 0 saturated carbocycles. The number of hydrogen-bond donors (Lipinski definition) is 3. The van der Waals surface area contributed by atoms with Crippen molar-refractivity contribution in [3.8, 4) is 11.4 Å². The molecule has 1 amide bonds. The third-order valence-electron chi connectivity index (χ3n) is 4.54. The minimum atomic E-state index is -0.498. The fourth-order valence-corrected chi connectivity index (χ4v) is 3.06. The van der Waals surface area contributed by atoms with Crippen molar-refractivity contribution in [2.24, 2.45) is 0 Å². The Morgan fingerprint density at radius 2 is 1.94 bits per heavy atom. The first-order valence-corrected chi connectivity index (χ1v) is 10.9. The van der Waals surface area contributed by atoms with E-state index >= 15 is 0 Å². The second-order valence-corrected chi connectivity index (χ2v) is 8.54. The van der Waals surface area contributed by atoms with Crippen molar-refractivity contribution >= 4 is 17.7 Å². The third kappa shape index (κ3) is 8.12. The standard InChI is InChI=1S/C24H30N6O3/c1-24(2,3)33-23(32)26-11-5-4-8-19-14-18(10-12-25-19)21-27-16-28-22(30-21)29-20-9-6-7-17(13-20)15-31/h6-7,9-10,12-14,16,31H,4-5,8,11,15H2,1-3H3,(H,26,32)(H,27,28,29,30). The first kappa shape index (κ1) is 24.1. The number of hydrogen-bond acceptors (Lipinski definition) is 8. The molecule has 0 radical (unpaired) electrons. The van der Waals surface area contributed by atoms with E-state index in [1.54, 1.807) is 6.20 Å². The number of amides is 1. The van der Waals surface area contributed by atoms with Gasteiger partial charge in [0.05, 0.1) is 6.61 Å². The van der Waals surface area contributed by atoms with Crippen LogP contribution in [0.1, 0.15) is 44.9 Å². The lowest BCUT2D eigenvalue weighted by molar-refractivity contribution is 0.0527. The molecule has 0 aliphatic heterocycles. The molecule has 2 heterocycles. The fourth-order valence-electron chi connectivity index (χ4n) is 3.06. The summed E-state index contributed by atoms with van der Waals surface area (Å²) in [4.78, 5) is 29.1. The molecule has 3 rings (SSSR count). The van der Waals surface area contributed by atoms with Gasteiger partial charge >= 0.3 is 6.09 Å². The van der Waals surface area contributed by atoms with Crippen molar-refractivity contribution < 1.29 is 14.6 Å². The molecule has 3 N–H and O–H groups in total. The van der Waals surface area contributed by atoms with Crippen molar-refractivity contribution in [2.45, 2.75) is 52.2 Å². The lowest BCUT2D eigenvalue weighted by atomic mass is 10.1. The van der Waals surface area contributed by atoms with Crippen LogP contribution in [0.15, 0.2) is 48.9 Å². The smallest absolute Gasteiger partial charge is 0.407 e. The number of ether oxygens (including phenoxy) is 1. The monoisotopic (exact) mass is 450 g/mol. The molecule has 174 valence electrons. The normalized spacial score (nSPS) is 11.2.